The zero-order valence-electron chi connectivity index (χ0n) is 19.1. The van der Waals surface area contributed by atoms with Gasteiger partial charge in [0.25, 0.3) is 5.91 Å². The van der Waals surface area contributed by atoms with Crippen LogP contribution >= 0.6 is 11.6 Å². The topological polar surface area (TPSA) is 104 Å². The van der Waals surface area contributed by atoms with E-state index in [2.05, 4.69) is 5.32 Å². The van der Waals surface area contributed by atoms with Crippen LogP contribution in [0, 0.1) is 0 Å². The molecular formula is C26H22ClN5O3. The van der Waals surface area contributed by atoms with Crippen molar-refractivity contribution in [1.82, 2.24) is 19.9 Å². The molecule has 9 heteroatoms. The molecule has 2 aromatic heterocycles. The van der Waals surface area contributed by atoms with Crippen molar-refractivity contribution in [2.45, 2.75) is 6.54 Å². The molecule has 0 aliphatic carbocycles. The fourth-order valence-corrected chi connectivity index (χ4v) is 4.21. The number of halogens is 1. The second-order valence-electron chi connectivity index (χ2n) is 7.79. The minimum absolute atomic E-state index is 0.179. The third-order valence-electron chi connectivity index (χ3n) is 5.75. The largest absolute Gasteiger partial charge is 0.497 e. The fourth-order valence-electron chi connectivity index (χ4n) is 4.01. The molecule has 0 bridgehead atoms. The molecule has 0 saturated heterocycles. The van der Waals surface area contributed by atoms with Crippen LogP contribution in [0.2, 0.25) is 5.02 Å². The zero-order valence-corrected chi connectivity index (χ0v) is 19.8. The first kappa shape index (κ1) is 22.5. The first-order valence-corrected chi connectivity index (χ1v) is 11.2. The monoisotopic (exact) mass is 487 g/mol. The Labute approximate surface area is 206 Å². The maximum Gasteiger partial charge on any atom is 0.257 e. The quantitative estimate of drug-likeness (QED) is 0.358. The van der Waals surface area contributed by atoms with Crippen LogP contribution in [0.4, 0.5) is 5.82 Å². The van der Waals surface area contributed by atoms with E-state index in [9.17, 15) is 4.79 Å². The second kappa shape index (κ2) is 9.15. The van der Waals surface area contributed by atoms with E-state index in [1.165, 1.54) is 0 Å². The lowest BCUT2D eigenvalue weighted by molar-refractivity contribution is 0.0953. The molecule has 8 nitrogen and oxygen atoms in total. The number of anilines is 1. The molecule has 0 saturated carbocycles. The first-order valence-electron chi connectivity index (χ1n) is 10.8. The van der Waals surface area contributed by atoms with Gasteiger partial charge in [0, 0.05) is 17.6 Å². The molecule has 0 radical (unpaired) electrons. The van der Waals surface area contributed by atoms with Crippen LogP contribution in [0.1, 0.15) is 15.9 Å². The lowest BCUT2D eigenvalue weighted by Crippen LogP contribution is -2.24. The Balaban J connectivity index is 1.71. The Morgan fingerprint density at radius 3 is 2.43 bits per heavy atom. The number of methoxy groups -OCH3 is 2. The molecule has 0 unspecified atom stereocenters. The summed E-state index contributed by atoms with van der Waals surface area (Å²) in [6.45, 7) is 0.230. The van der Waals surface area contributed by atoms with Crippen LogP contribution in [0.15, 0.2) is 66.7 Å². The van der Waals surface area contributed by atoms with Crippen molar-refractivity contribution in [1.29, 1.82) is 0 Å². The molecule has 0 atom stereocenters. The van der Waals surface area contributed by atoms with E-state index in [0.29, 0.717) is 44.4 Å². The van der Waals surface area contributed by atoms with Crippen molar-refractivity contribution in [2.75, 3.05) is 20.0 Å². The van der Waals surface area contributed by atoms with Crippen molar-refractivity contribution in [3.8, 4) is 17.2 Å². The van der Waals surface area contributed by atoms with Gasteiger partial charge in [-0.05, 0) is 35.9 Å². The van der Waals surface area contributed by atoms with Gasteiger partial charge in [0.1, 0.15) is 28.4 Å². The number of aromatic nitrogens is 3. The van der Waals surface area contributed by atoms with E-state index < -0.39 is 5.91 Å². The summed E-state index contributed by atoms with van der Waals surface area (Å²) in [6, 6.07) is 20.1. The summed E-state index contributed by atoms with van der Waals surface area (Å²) in [5, 5.41) is 3.48. The summed E-state index contributed by atoms with van der Waals surface area (Å²) < 4.78 is 12.7. The number of ether oxygens (including phenoxy) is 2. The standard InChI is InChI=1S/C26H22ClN5O3/c1-34-16-11-12-21(35-2)20(13-16)32-24(28)22(26(33)29-14-15-7-3-4-8-17(15)27)23-25(32)31-19-10-6-5-9-18(19)30-23/h3-13H,14,28H2,1-2H3,(H,29,33). The van der Waals surface area contributed by atoms with Crippen molar-refractivity contribution < 1.29 is 14.3 Å². The molecule has 3 aromatic carbocycles. The minimum atomic E-state index is -0.391. The number of para-hydroxylation sites is 2. The van der Waals surface area contributed by atoms with Gasteiger partial charge in [-0.3, -0.25) is 9.36 Å². The van der Waals surface area contributed by atoms with E-state index in [4.69, 9.17) is 36.8 Å². The number of nitrogens with two attached hydrogens (primary N) is 1. The van der Waals surface area contributed by atoms with Crippen LogP contribution < -0.4 is 20.5 Å². The highest BCUT2D eigenvalue weighted by Crippen LogP contribution is 2.36. The SMILES string of the molecule is COc1ccc(OC)c(-n2c(N)c(C(=O)NCc3ccccc3Cl)c3nc4ccccc4nc32)c1. The summed E-state index contributed by atoms with van der Waals surface area (Å²) in [7, 11) is 3.13. The highest BCUT2D eigenvalue weighted by molar-refractivity contribution is 6.31. The number of fused-ring (bicyclic) bond motifs is 2. The number of hydrogen-bond donors (Lipinski definition) is 2. The van der Waals surface area contributed by atoms with Gasteiger partial charge in [0.15, 0.2) is 5.65 Å². The Morgan fingerprint density at radius 1 is 1.00 bits per heavy atom. The van der Waals surface area contributed by atoms with Crippen molar-refractivity contribution in [3.05, 3.63) is 82.9 Å². The normalized spacial score (nSPS) is 11.1. The highest BCUT2D eigenvalue weighted by Gasteiger charge is 2.26. The van der Waals surface area contributed by atoms with Gasteiger partial charge in [-0.2, -0.15) is 0 Å². The zero-order chi connectivity index (χ0) is 24.5. The third kappa shape index (κ3) is 3.98. The Morgan fingerprint density at radius 2 is 1.71 bits per heavy atom. The van der Waals surface area contributed by atoms with Gasteiger partial charge in [-0.15, -0.1) is 0 Å². The molecule has 0 aliphatic heterocycles. The Bertz CT molecular complexity index is 1580. The molecule has 0 aliphatic rings. The van der Waals surface area contributed by atoms with E-state index >= 15 is 0 Å². The van der Waals surface area contributed by atoms with E-state index in [-0.39, 0.29) is 17.9 Å². The van der Waals surface area contributed by atoms with Crippen LogP contribution in [0.25, 0.3) is 27.9 Å². The summed E-state index contributed by atoms with van der Waals surface area (Å²) in [5.74, 6) is 0.920. The van der Waals surface area contributed by atoms with E-state index in [0.717, 1.165) is 5.56 Å². The van der Waals surface area contributed by atoms with Gasteiger partial charge < -0.3 is 20.5 Å². The van der Waals surface area contributed by atoms with Crippen LogP contribution in [-0.4, -0.2) is 34.7 Å². The summed E-state index contributed by atoms with van der Waals surface area (Å²) in [4.78, 5) is 23.0. The van der Waals surface area contributed by atoms with Crippen LogP contribution in [0.5, 0.6) is 11.5 Å². The lowest BCUT2D eigenvalue weighted by Gasteiger charge is -2.14. The smallest absolute Gasteiger partial charge is 0.257 e. The van der Waals surface area contributed by atoms with Crippen molar-refractivity contribution >= 4 is 45.5 Å². The molecule has 3 N–H and O–H groups in total. The number of hydrogen-bond acceptors (Lipinski definition) is 6. The van der Waals surface area contributed by atoms with Gasteiger partial charge in [-0.1, -0.05) is 41.9 Å². The van der Waals surface area contributed by atoms with Gasteiger partial charge in [0.2, 0.25) is 0 Å². The van der Waals surface area contributed by atoms with Gasteiger partial charge in [-0.25, -0.2) is 9.97 Å². The molecule has 0 spiro atoms. The second-order valence-corrected chi connectivity index (χ2v) is 8.20. The number of nitrogen functional groups attached to an aromatic ring is 1. The molecule has 176 valence electrons. The molecular weight excluding hydrogens is 466 g/mol. The molecule has 0 fully saturated rings. The van der Waals surface area contributed by atoms with Crippen LogP contribution in [-0.2, 0) is 6.54 Å². The molecule has 5 rings (SSSR count). The third-order valence-corrected chi connectivity index (χ3v) is 6.12. The minimum Gasteiger partial charge on any atom is -0.497 e. The fraction of sp³-hybridized carbons (Fsp3) is 0.115. The van der Waals surface area contributed by atoms with Crippen molar-refractivity contribution in [3.63, 3.8) is 0 Å². The predicted molar refractivity (Wildman–Crippen MR) is 137 cm³/mol. The van der Waals surface area contributed by atoms with Gasteiger partial charge in [0.05, 0.1) is 30.9 Å². The number of benzene rings is 3. The molecule has 5 aromatic rings. The highest BCUT2D eigenvalue weighted by atomic mass is 35.5. The molecule has 1 amide bonds. The Kier molecular flexibility index (Phi) is 5.88. The average molecular weight is 488 g/mol. The number of nitrogens with one attached hydrogen (secondary N) is 1. The average Bonchev–Trinajstić information content (AvgIpc) is 3.16. The molecule has 35 heavy (non-hydrogen) atoms. The van der Waals surface area contributed by atoms with E-state index in [1.807, 2.05) is 42.5 Å². The Hall–Kier alpha value is -4.30. The first-order chi connectivity index (χ1) is 17.0. The van der Waals surface area contributed by atoms with Gasteiger partial charge >= 0.3 is 0 Å². The number of carbonyl (C=O) groups is 1. The number of nitrogens with zero attached hydrogens (tertiary/aromatic N) is 3. The molecule has 2 heterocycles. The predicted octanol–water partition coefficient (Wildman–Crippen LogP) is 4.76. The number of amides is 1. The number of carbonyl (C=O) groups excluding carboxylic acids is 1. The van der Waals surface area contributed by atoms with Crippen molar-refractivity contribution in [2.24, 2.45) is 0 Å². The maximum absolute atomic E-state index is 13.5. The summed E-state index contributed by atoms with van der Waals surface area (Å²) >= 11 is 6.26. The van der Waals surface area contributed by atoms with E-state index in [1.54, 1.807) is 43.1 Å². The lowest BCUT2D eigenvalue weighted by atomic mass is 10.2. The summed E-state index contributed by atoms with van der Waals surface area (Å²) in [6.07, 6.45) is 0. The van der Waals surface area contributed by atoms with Crippen LogP contribution in [0.3, 0.4) is 0 Å². The maximum atomic E-state index is 13.5. The summed E-state index contributed by atoms with van der Waals surface area (Å²) in [5.41, 5.74) is 10.3. The number of rotatable bonds is 6.